The van der Waals surface area contributed by atoms with Crippen LogP contribution in [-0.4, -0.2) is 22.8 Å². The third-order valence-electron chi connectivity index (χ3n) is 3.42. The number of benzene rings is 1. The molecule has 2 heterocycles. The lowest BCUT2D eigenvalue weighted by molar-refractivity contribution is -0.116. The van der Waals surface area contributed by atoms with Gasteiger partial charge in [0.1, 0.15) is 5.69 Å². The summed E-state index contributed by atoms with van der Waals surface area (Å²) in [5.41, 5.74) is 1.80. The van der Waals surface area contributed by atoms with Crippen LogP contribution < -0.4 is 10.2 Å². The Morgan fingerprint density at radius 2 is 2.19 bits per heavy atom. The van der Waals surface area contributed by atoms with Gasteiger partial charge in [0, 0.05) is 17.8 Å². The number of nitrogens with one attached hydrogen (secondary N) is 1. The normalized spacial score (nSPS) is 17.9. The number of thiazole rings is 1. The molecule has 1 aromatic heterocycles. The molecule has 2 aromatic rings. The number of hydrogen-bond acceptors (Lipinski definition) is 4. The number of anilines is 2. The number of hydrogen-bond donors (Lipinski definition) is 1. The van der Waals surface area contributed by atoms with E-state index >= 15 is 0 Å². The second kappa shape index (κ2) is 5.29. The minimum absolute atomic E-state index is 0.0836. The molecule has 0 fully saturated rings. The van der Waals surface area contributed by atoms with Crippen LogP contribution in [0.4, 0.5) is 11.4 Å². The molecule has 1 unspecified atom stereocenters. The lowest BCUT2D eigenvalue weighted by atomic mass is 10.1. The van der Waals surface area contributed by atoms with Gasteiger partial charge in [0.15, 0.2) is 0 Å². The fraction of sp³-hybridized carbons (Fsp3) is 0.267. The van der Waals surface area contributed by atoms with Crippen LogP contribution in [0.5, 0.6) is 0 Å². The minimum atomic E-state index is -0.219. The monoisotopic (exact) mass is 301 g/mol. The average molecular weight is 301 g/mol. The van der Waals surface area contributed by atoms with Crippen molar-refractivity contribution in [3.05, 3.63) is 40.3 Å². The van der Waals surface area contributed by atoms with Gasteiger partial charge in [0.05, 0.1) is 16.4 Å². The Balaban J connectivity index is 2.07. The molecule has 2 amide bonds. The van der Waals surface area contributed by atoms with Crippen molar-refractivity contribution < 1.29 is 9.59 Å². The first-order chi connectivity index (χ1) is 10.1. The van der Waals surface area contributed by atoms with Crippen LogP contribution >= 0.6 is 11.3 Å². The number of carbonyl (C=O) groups excluding carboxylic acids is 2. The fourth-order valence-corrected chi connectivity index (χ4v) is 3.07. The lowest BCUT2D eigenvalue weighted by Gasteiger charge is -2.27. The van der Waals surface area contributed by atoms with Gasteiger partial charge in [-0.1, -0.05) is 12.1 Å². The third kappa shape index (κ3) is 2.54. The largest absolute Gasteiger partial charge is 0.324 e. The highest BCUT2D eigenvalue weighted by molar-refractivity contribution is 7.09. The number of fused-ring (bicyclic) bond motifs is 1. The van der Waals surface area contributed by atoms with Gasteiger partial charge in [-0.25, -0.2) is 4.98 Å². The number of nitrogens with zero attached hydrogens (tertiary/aromatic N) is 2. The van der Waals surface area contributed by atoms with Crippen LogP contribution in [0, 0.1) is 6.92 Å². The number of rotatable bonds is 1. The summed E-state index contributed by atoms with van der Waals surface area (Å²) < 4.78 is 0. The second-order valence-corrected chi connectivity index (χ2v) is 6.11. The molecule has 0 radical (unpaired) electrons. The highest BCUT2D eigenvalue weighted by Gasteiger charge is 2.31. The Kier molecular flexibility index (Phi) is 3.47. The van der Waals surface area contributed by atoms with Crippen molar-refractivity contribution in [3.8, 4) is 0 Å². The molecular weight excluding hydrogens is 286 g/mol. The quantitative estimate of drug-likeness (QED) is 0.881. The van der Waals surface area contributed by atoms with Crippen LogP contribution in [0.1, 0.15) is 28.8 Å². The van der Waals surface area contributed by atoms with E-state index in [4.69, 9.17) is 0 Å². The molecule has 1 atom stereocenters. The van der Waals surface area contributed by atoms with Gasteiger partial charge in [-0.15, -0.1) is 11.3 Å². The van der Waals surface area contributed by atoms with Crippen LogP contribution in [-0.2, 0) is 4.79 Å². The standard InChI is InChI=1S/C15H15N3O2S/c1-9-7-14(19)17-11-5-3-4-6-13(11)18(9)15(20)12-8-21-10(2)16-12/h3-6,8-9H,7H2,1-2H3,(H,17,19). The molecule has 1 N–H and O–H groups in total. The first-order valence-corrected chi connectivity index (χ1v) is 7.59. The van der Waals surface area contributed by atoms with Gasteiger partial charge in [-0.3, -0.25) is 9.59 Å². The van der Waals surface area contributed by atoms with E-state index in [-0.39, 0.29) is 24.3 Å². The second-order valence-electron chi connectivity index (χ2n) is 5.05. The minimum Gasteiger partial charge on any atom is -0.324 e. The van der Waals surface area contributed by atoms with Gasteiger partial charge in [0.2, 0.25) is 5.91 Å². The highest BCUT2D eigenvalue weighted by Crippen LogP contribution is 2.32. The Labute approximate surface area is 126 Å². The van der Waals surface area contributed by atoms with Crippen LogP contribution in [0.25, 0.3) is 0 Å². The maximum Gasteiger partial charge on any atom is 0.278 e. The number of carbonyl (C=O) groups is 2. The van der Waals surface area contributed by atoms with Crippen molar-refractivity contribution in [2.45, 2.75) is 26.3 Å². The molecule has 21 heavy (non-hydrogen) atoms. The molecule has 1 aromatic carbocycles. The summed E-state index contributed by atoms with van der Waals surface area (Å²) in [7, 11) is 0. The number of aryl methyl sites for hydroxylation is 1. The van der Waals surface area contributed by atoms with Crippen molar-refractivity contribution >= 4 is 34.5 Å². The van der Waals surface area contributed by atoms with E-state index in [1.165, 1.54) is 11.3 Å². The smallest absolute Gasteiger partial charge is 0.278 e. The van der Waals surface area contributed by atoms with Crippen LogP contribution in [0.3, 0.4) is 0 Å². The Hall–Kier alpha value is -2.21. The SMILES string of the molecule is Cc1nc(C(=O)N2c3ccccc3NC(=O)CC2C)cs1. The zero-order valence-electron chi connectivity index (χ0n) is 11.8. The number of para-hydroxylation sites is 2. The molecule has 108 valence electrons. The van der Waals surface area contributed by atoms with E-state index in [1.54, 1.807) is 16.3 Å². The average Bonchev–Trinajstić information content (AvgIpc) is 2.81. The van der Waals surface area contributed by atoms with Gasteiger partial charge in [-0.05, 0) is 26.0 Å². The van der Waals surface area contributed by atoms with Crippen LogP contribution in [0.15, 0.2) is 29.6 Å². The summed E-state index contributed by atoms with van der Waals surface area (Å²) in [4.78, 5) is 30.6. The molecule has 6 heteroatoms. The van der Waals surface area contributed by atoms with E-state index in [0.29, 0.717) is 17.1 Å². The molecule has 0 spiro atoms. The first kappa shape index (κ1) is 13.8. The lowest BCUT2D eigenvalue weighted by Crippen LogP contribution is -2.39. The third-order valence-corrected chi connectivity index (χ3v) is 4.19. The van der Waals surface area contributed by atoms with E-state index < -0.39 is 0 Å². The molecule has 1 aliphatic heterocycles. The summed E-state index contributed by atoms with van der Waals surface area (Å²) in [6.45, 7) is 3.74. The predicted molar refractivity (Wildman–Crippen MR) is 82.8 cm³/mol. The number of amides is 2. The van der Waals surface area contributed by atoms with E-state index in [9.17, 15) is 9.59 Å². The summed E-state index contributed by atoms with van der Waals surface area (Å²) >= 11 is 1.44. The summed E-state index contributed by atoms with van der Waals surface area (Å²) in [5.74, 6) is -0.254. The van der Waals surface area contributed by atoms with Gasteiger partial charge in [0.25, 0.3) is 5.91 Å². The predicted octanol–water partition coefficient (Wildman–Crippen LogP) is 2.83. The topological polar surface area (TPSA) is 62.3 Å². The van der Waals surface area contributed by atoms with E-state index in [2.05, 4.69) is 10.3 Å². The molecule has 0 aliphatic carbocycles. The van der Waals surface area contributed by atoms with Gasteiger partial charge in [-0.2, -0.15) is 0 Å². The van der Waals surface area contributed by atoms with Crippen molar-refractivity contribution in [2.75, 3.05) is 10.2 Å². The van der Waals surface area contributed by atoms with E-state index in [1.807, 2.05) is 32.0 Å². The van der Waals surface area contributed by atoms with Crippen molar-refractivity contribution in [1.82, 2.24) is 4.98 Å². The van der Waals surface area contributed by atoms with Crippen molar-refractivity contribution in [3.63, 3.8) is 0 Å². The molecule has 0 saturated carbocycles. The summed E-state index contributed by atoms with van der Waals surface area (Å²) in [5, 5.41) is 5.45. The molecule has 3 rings (SSSR count). The molecule has 1 aliphatic rings. The van der Waals surface area contributed by atoms with Crippen LogP contribution in [0.2, 0.25) is 0 Å². The van der Waals surface area contributed by atoms with Crippen molar-refractivity contribution in [1.29, 1.82) is 0 Å². The zero-order chi connectivity index (χ0) is 15.0. The Morgan fingerprint density at radius 1 is 1.43 bits per heavy atom. The summed E-state index contributed by atoms with van der Waals surface area (Å²) in [6, 6.07) is 7.12. The Morgan fingerprint density at radius 3 is 2.90 bits per heavy atom. The molecule has 0 bridgehead atoms. The highest BCUT2D eigenvalue weighted by atomic mass is 32.1. The van der Waals surface area contributed by atoms with Crippen molar-refractivity contribution in [2.24, 2.45) is 0 Å². The molecule has 5 nitrogen and oxygen atoms in total. The maximum absolute atomic E-state index is 12.8. The molecular formula is C15H15N3O2S. The fourth-order valence-electron chi connectivity index (χ4n) is 2.48. The maximum atomic E-state index is 12.8. The first-order valence-electron chi connectivity index (χ1n) is 6.71. The van der Waals surface area contributed by atoms with Gasteiger partial charge < -0.3 is 10.2 Å². The number of aromatic nitrogens is 1. The van der Waals surface area contributed by atoms with Gasteiger partial charge >= 0.3 is 0 Å². The van der Waals surface area contributed by atoms with E-state index in [0.717, 1.165) is 5.01 Å². The summed E-state index contributed by atoms with van der Waals surface area (Å²) in [6.07, 6.45) is 0.267. The Bertz CT molecular complexity index is 710. The molecule has 0 saturated heterocycles. The zero-order valence-corrected chi connectivity index (χ0v) is 12.6.